The molecule has 2 aliphatic heterocycles. The van der Waals surface area contributed by atoms with E-state index < -0.39 is 16.1 Å². The normalized spacial score (nSPS) is 19.2. The number of sulfonamides is 1. The fourth-order valence-electron chi connectivity index (χ4n) is 3.92. The number of morpholine rings is 1. The molecule has 2 aliphatic rings. The largest absolute Gasteiger partial charge is 0.476 e. The minimum Gasteiger partial charge on any atom is -0.476 e. The topological polar surface area (TPSA) is 88.2 Å². The Morgan fingerprint density at radius 2 is 1.84 bits per heavy atom. The van der Waals surface area contributed by atoms with Crippen LogP contribution in [0.25, 0.3) is 0 Å². The second-order valence-electron chi connectivity index (χ2n) is 7.93. The van der Waals surface area contributed by atoms with Gasteiger partial charge in [-0.15, -0.1) is 0 Å². The highest BCUT2D eigenvalue weighted by atomic mass is 32.2. The average Bonchev–Trinajstić information content (AvgIpc) is 2.82. The molecule has 2 aromatic carbocycles. The van der Waals surface area contributed by atoms with Crippen LogP contribution in [0.2, 0.25) is 0 Å². The van der Waals surface area contributed by atoms with Crippen LogP contribution in [0, 0.1) is 0 Å². The third-order valence-electron chi connectivity index (χ3n) is 5.70. The van der Waals surface area contributed by atoms with Crippen molar-refractivity contribution in [3.63, 3.8) is 0 Å². The molecule has 1 N–H and O–H groups in total. The van der Waals surface area contributed by atoms with Crippen LogP contribution in [-0.4, -0.2) is 63.9 Å². The van der Waals surface area contributed by atoms with Crippen molar-refractivity contribution in [1.29, 1.82) is 0 Å². The number of ether oxygens (including phenoxy) is 2. The Hall–Kier alpha value is -2.62. The number of rotatable bonds is 7. The summed E-state index contributed by atoms with van der Waals surface area (Å²) in [6.45, 7) is 6.07. The molecule has 2 aromatic rings. The van der Waals surface area contributed by atoms with E-state index in [2.05, 4.69) is 22.3 Å². The molecule has 4 rings (SSSR count). The van der Waals surface area contributed by atoms with E-state index in [0.717, 1.165) is 38.4 Å². The molecule has 1 atom stereocenters. The Balaban J connectivity index is 1.40. The van der Waals surface area contributed by atoms with Crippen LogP contribution in [0.15, 0.2) is 48.5 Å². The summed E-state index contributed by atoms with van der Waals surface area (Å²) >= 11 is 0. The van der Waals surface area contributed by atoms with Crippen LogP contribution in [0.4, 0.5) is 5.69 Å². The van der Waals surface area contributed by atoms with Gasteiger partial charge < -0.3 is 14.8 Å². The highest BCUT2D eigenvalue weighted by Crippen LogP contribution is 2.35. The fourth-order valence-corrected chi connectivity index (χ4v) is 5.04. The molecular formula is C23H29N3O5S. The maximum absolute atomic E-state index is 12.9. The molecule has 0 saturated carbocycles. The van der Waals surface area contributed by atoms with Gasteiger partial charge in [0.25, 0.3) is 5.91 Å². The molecule has 0 aromatic heterocycles. The van der Waals surface area contributed by atoms with Gasteiger partial charge in [-0.1, -0.05) is 36.4 Å². The molecule has 0 unspecified atom stereocenters. The summed E-state index contributed by atoms with van der Waals surface area (Å²) in [7, 11) is -3.53. The zero-order valence-electron chi connectivity index (χ0n) is 18.2. The van der Waals surface area contributed by atoms with Crippen LogP contribution < -0.4 is 14.4 Å². The molecule has 1 saturated heterocycles. The minimum atomic E-state index is -3.53. The predicted octanol–water partition coefficient (Wildman–Crippen LogP) is 1.75. The Bertz CT molecular complexity index is 1050. The van der Waals surface area contributed by atoms with Gasteiger partial charge in [-0.25, -0.2) is 8.42 Å². The van der Waals surface area contributed by atoms with Gasteiger partial charge in [0.1, 0.15) is 5.75 Å². The van der Waals surface area contributed by atoms with Crippen molar-refractivity contribution in [2.24, 2.45) is 0 Å². The van der Waals surface area contributed by atoms with Gasteiger partial charge >= 0.3 is 0 Å². The smallest absolute Gasteiger partial charge is 0.263 e. The van der Waals surface area contributed by atoms with E-state index in [-0.39, 0.29) is 18.2 Å². The number of para-hydroxylation sites is 2. The van der Waals surface area contributed by atoms with Crippen molar-refractivity contribution in [3.05, 3.63) is 59.7 Å². The van der Waals surface area contributed by atoms with Gasteiger partial charge in [0, 0.05) is 26.2 Å². The number of hydrogen-bond donors (Lipinski definition) is 1. The van der Waals surface area contributed by atoms with E-state index >= 15 is 0 Å². The molecule has 32 heavy (non-hydrogen) atoms. The van der Waals surface area contributed by atoms with Crippen LogP contribution >= 0.6 is 0 Å². The molecule has 172 valence electrons. The van der Waals surface area contributed by atoms with Gasteiger partial charge in [0.2, 0.25) is 10.0 Å². The Labute approximate surface area is 189 Å². The summed E-state index contributed by atoms with van der Waals surface area (Å²) in [6.07, 6.45) is -0.914. The first-order valence-electron chi connectivity index (χ1n) is 10.9. The summed E-state index contributed by atoms with van der Waals surface area (Å²) in [5.41, 5.74) is 2.63. The fraction of sp³-hybridized carbons (Fsp3) is 0.435. The van der Waals surface area contributed by atoms with Gasteiger partial charge in [0.05, 0.1) is 31.2 Å². The highest BCUT2D eigenvalue weighted by Gasteiger charge is 2.35. The maximum Gasteiger partial charge on any atom is 0.263 e. The van der Waals surface area contributed by atoms with Crippen LogP contribution in [0.3, 0.4) is 0 Å². The number of carbonyl (C=O) groups is 1. The van der Waals surface area contributed by atoms with Crippen LogP contribution in [-0.2, 0) is 32.6 Å². The van der Waals surface area contributed by atoms with Crippen molar-refractivity contribution >= 4 is 21.6 Å². The van der Waals surface area contributed by atoms with E-state index in [0.29, 0.717) is 18.0 Å². The van der Waals surface area contributed by atoms with E-state index in [1.165, 1.54) is 9.87 Å². The van der Waals surface area contributed by atoms with Gasteiger partial charge in [-0.05, 0) is 30.2 Å². The molecule has 0 aliphatic carbocycles. The van der Waals surface area contributed by atoms with Crippen molar-refractivity contribution in [2.45, 2.75) is 26.1 Å². The SMILES string of the molecule is CCS(=O)(=O)N1C[C@H](C(=O)NCc2cccc(CN3CCOCC3)c2)Oc2ccccc21. The number of fused-ring (bicyclic) bond motifs is 1. The van der Waals surface area contributed by atoms with Crippen LogP contribution in [0.5, 0.6) is 5.75 Å². The molecule has 0 radical (unpaired) electrons. The molecule has 1 amide bonds. The van der Waals surface area contributed by atoms with E-state index in [4.69, 9.17) is 9.47 Å². The Morgan fingerprint density at radius 3 is 2.62 bits per heavy atom. The summed E-state index contributed by atoms with van der Waals surface area (Å²) in [5, 5.41) is 2.90. The quantitative estimate of drug-likeness (QED) is 0.679. The lowest BCUT2D eigenvalue weighted by Gasteiger charge is -2.34. The van der Waals surface area contributed by atoms with Crippen molar-refractivity contribution in [2.75, 3.05) is 42.9 Å². The average molecular weight is 460 g/mol. The van der Waals surface area contributed by atoms with Gasteiger partial charge in [-0.3, -0.25) is 14.0 Å². The zero-order chi connectivity index (χ0) is 22.6. The number of nitrogens with zero attached hydrogens (tertiary/aromatic N) is 2. The molecule has 2 heterocycles. The third-order valence-corrected chi connectivity index (χ3v) is 7.44. The Kier molecular flexibility index (Phi) is 6.98. The maximum atomic E-state index is 12.9. The number of anilines is 1. The van der Waals surface area contributed by atoms with Crippen molar-refractivity contribution in [3.8, 4) is 5.75 Å². The third kappa shape index (κ3) is 5.23. The lowest BCUT2D eigenvalue weighted by molar-refractivity contribution is -0.127. The summed E-state index contributed by atoms with van der Waals surface area (Å²) in [4.78, 5) is 15.2. The Morgan fingerprint density at radius 1 is 1.09 bits per heavy atom. The van der Waals surface area contributed by atoms with Crippen molar-refractivity contribution < 1.29 is 22.7 Å². The zero-order valence-corrected chi connectivity index (χ0v) is 19.0. The minimum absolute atomic E-state index is 0.0455. The van der Waals surface area contributed by atoms with E-state index in [1.54, 1.807) is 31.2 Å². The lowest BCUT2D eigenvalue weighted by Crippen LogP contribution is -2.50. The predicted molar refractivity (Wildman–Crippen MR) is 122 cm³/mol. The van der Waals surface area contributed by atoms with Crippen molar-refractivity contribution in [1.82, 2.24) is 10.2 Å². The molecule has 0 bridgehead atoms. The molecule has 8 nitrogen and oxygen atoms in total. The standard InChI is InChI=1S/C23H29N3O5S/c1-2-32(28,29)26-17-22(31-21-9-4-3-8-20(21)26)23(27)24-15-18-6-5-7-19(14-18)16-25-10-12-30-13-11-25/h3-9,14,22H,2,10-13,15-17H2,1H3,(H,24,27)/t22-/m1/s1. The summed E-state index contributed by atoms with van der Waals surface area (Å²) in [5.74, 6) is 0.00355. The summed E-state index contributed by atoms with van der Waals surface area (Å²) in [6, 6.07) is 15.0. The lowest BCUT2D eigenvalue weighted by atomic mass is 10.1. The van der Waals surface area contributed by atoms with Gasteiger partial charge in [0.15, 0.2) is 6.10 Å². The second-order valence-corrected chi connectivity index (χ2v) is 10.1. The number of nitrogens with one attached hydrogen (secondary N) is 1. The van der Waals surface area contributed by atoms with Gasteiger partial charge in [-0.2, -0.15) is 0 Å². The summed E-state index contributed by atoms with van der Waals surface area (Å²) < 4.78 is 37.7. The molecule has 1 fully saturated rings. The molecular weight excluding hydrogens is 430 g/mol. The number of hydrogen-bond acceptors (Lipinski definition) is 6. The molecule has 9 heteroatoms. The first-order chi connectivity index (χ1) is 15.5. The van der Waals surface area contributed by atoms with E-state index in [9.17, 15) is 13.2 Å². The number of benzene rings is 2. The number of amides is 1. The van der Waals surface area contributed by atoms with Crippen LogP contribution in [0.1, 0.15) is 18.1 Å². The monoisotopic (exact) mass is 459 g/mol. The number of carbonyl (C=O) groups excluding carboxylic acids is 1. The first-order valence-corrected chi connectivity index (χ1v) is 12.5. The highest BCUT2D eigenvalue weighted by molar-refractivity contribution is 7.92. The molecule has 0 spiro atoms. The second kappa shape index (κ2) is 9.89. The first kappa shape index (κ1) is 22.6. The van der Waals surface area contributed by atoms with E-state index in [1.807, 2.05) is 12.1 Å².